The van der Waals surface area contributed by atoms with Crippen LogP contribution in [0.15, 0.2) is 72.8 Å². The molecule has 0 fully saturated rings. The molecule has 35 heavy (non-hydrogen) atoms. The minimum atomic E-state index is -0.936. The average Bonchev–Trinajstić information content (AvgIpc) is 2.99. The molecule has 0 aliphatic carbocycles. The summed E-state index contributed by atoms with van der Waals surface area (Å²) in [4.78, 5) is 40.5. The van der Waals surface area contributed by atoms with Gasteiger partial charge in [0.2, 0.25) is 0 Å². The van der Waals surface area contributed by atoms with Gasteiger partial charge in [-0.1, -0.05) is 60.1 Å². The molecule has 180 valence electrons. The van der Waals surface area contributed by atoms with Crippen LogP contribution < -0.4 is 20.7 Å². The maximum Gasteiger partial charge on any atom is 0.326 e. The Balaban J connectivity index is 1.57. The van der Waals surface area contributed by atoms with Crippen molar-refractivity contribution in [3.63, 3.8) is 0 Å². The van der Waals surface area contributed by atoms with Gasteiger partial charge in [0.1, 0.15) is 12.4 Å². The van der Waals surface area contributed by atoms with Crippen molar-refractivity contribution >= 4 is 35.3 Å². The molecule has 1 atom stereocenters. The largest absolute Gasteiger partial charge is 0.489 e. The van der Waals surface area contributed by atoms with Crippen LogP contribution in [0.4, 0.5) is 15.3 Å². The molecule has 0 saturated carbocycles. The van der Waals surface area contributed by atoms with Crippen molar-refractivity contribution in [2.45, 2.75) is 26.1 Å². The van der Waals surface area contributed by atoms with Crippen LogP contribution in [-0.2, 0) is 13.2 Å². The fourth-order valence-corrected chi connectivity index (χ4v) is 4.25. The second kappa shape index (κ2) is 10.5. The molecule has 1 aliphatic heterocycles. The van der Waals surface area contributed by atoms with Crippen molar-refractivity contribution in [2.75, 3.05) is 11.4 Å². The van der Waals surface area contributed by atoms with E-state index in [1.807, 2.05) is 54.6 Å². The molecular formula is C26H25ClN4O4. The Kier molecular flexibility index (Phi) is 7.22. The lowest BCUT2D eigenvalue weighted by Crippen LogP contribution is -2.50. The number of urea groups is 2. The first-order chi connectivity index (χ1) is 16.8. The van der Waals surface area contributed by atoms with Crippen molar-refractivity contribution in [3.8, 4) is 5.75 Å². The van der Waals surface area contributed by atoms with Crippen LogP contribution in [0.2, 0.25) is 5.02 Å². The molecule has 3 aromatic rings. The van der Waals surface area contributed by atoms with Crippen molar-refractivity contribution in [1.82, 2.24) is 10.2 Å². The molecule has 1 heterocycles. The number of nitrogens with zero attached hydrogens (tertiary/aromatic N) is 2. The number of hydrogen-bond donors (Lipinski definition) is 2. The maximum absolute atomic E-state index is 13.6. The SMILES string of the molecule is CC1CN(C(=O)c2ccc(OCc3ccccc3)cc2Cl)c2ccccc2CN1C(=O)NC(N)=O. The Morgan fingerprint density at radius 2 is 1.77 bits per heavy atom. The maximum atomic E-state index is 13.6. The van der Waals surface area contributed by atoms with Crippen molar-refractivity contribution in [2.24, 2.45) is 5.73 Å². The van der Waals surface area contributed by atoms with Crippen LogP contribution >= 0.6 is 11.6 Å². The topological polar surface area (TPSA) is 105 Å². The number of para-hydroxylation sites is 1. The normalized spacial score (nSPS) is 15.1. The summed E-state index contributed by atoms with van der Waals surface area (Å²) in [6.07, 6.45) is 0. The summed E-state index contributed by atoms with van der Waals surface area (Å²) in [6, 6.07) is 20.1. The number of halogens is 1. The molecule has 0 spiro atoms. The zero-order valence-corrected chi connectivity index (χ0v) is 19.9. The molecule has 8 nitrogen and oxygen atoms in total. The summed E-state index contributed by atoms with van der Waals surface area (Å²) >= 11 is 6.51. The van der Waals surface area contributed by atoms with Gasteiger partial charge in [0.15, 0.2) is 0 Å². The van der Waals surface area contributed by atoms with Crippen LogP contribution in [0.3, 0.4) is 0 Å². The van der Waals surface area contributed by atoms with E-state index >= 15 is 0 Å². The number of primary amides is 1. The Morgan fingerprint density at radius 3 is 2.49 bits per heavy atom. The van der Waals surface area contributed by atoms with E-state index in [0.717, 1.165) is 11.1 Å². The van der Waals surface area contributed by atoms with Gasteiger partial charge in [-0.2, -0.15) is 0 Å². The molecule has 0 radical (unpaired) electrons. The smallest absolute Gasteiger partial charge is 0.326 e. The first kappa shape index (κ1) is 24.1. The summed E-state index contributed by atoms with van der Waals surface area (Å²) in [6.45, 7) is 2.59. The van der Waals surface area contributed by atoms with E-state index in [2.05, 4.69) is 5.32 Å². The molecule has 0 bridgehead atoms. The van der Waals surface area contributed by atoms with Gasteiger partial charge in [0.25, 0.3) is 5.91 Å². The Morgan fingerprint density at radius 1 is 1.06 bits per heavy atom. The van der Waals surface area contributed by atoms with E-state index in [1.54, 1.807) is 30.0 Å². The fraction of sp³-hybridized carbons (Fsp3) is 0.192. The zero-order chi connectivity index (χ0) is 24.9. The lowest BCUT2D eigenvalue weighted by atomic mass is 10.1. The number of carbonyl (C=O) groups excluding carboxylic acids is 3. The first-order valence-electron chi connectivity index (χ1n) is 11.1. The number of anilines is 1. The quantitative estimate of drug-likeness (QED) is 0.557. The van der Waals surface area contributed by atoms with E-state index in [4.69, 9.17) is 22.1 Å². The number of nitrogens with two attached hydrogens (primary N) is 1. The highest BCUT2D eigenvalue weighted by Crippen LogP contribution is 2.31. The van der Waals surface area contributed by atoms with Crippen LogP contribution in [0, 0.1) is 0 Å². The highest BCUT2D eigenvalue weighted by molar-refractivity contribution is 6.34. The molecule has 0 aromatic heterocycles. The monoisotopic (exact) mass is 492 g/mol. The second-order valence-corrected chi connectivity index (χ2v) is 8.64. The first-order valence-corrected chi connectivity index (χ1v) is 11.4. The predicted molar refractivity (Wildman–Crippen MR) is 133 cm³/mol. The van der Waals surface area contributed by atoms with Gasteiger partial charge in [0.05, 0.1) is 10.6 Å². The Hall–Kier alpha value is -4.04. The van der Waals surface area contributed by atoms with Gasteiger partial charge >= 0.3 is 12.1 Å². The van der Waals surface area contributed by atoms with Crippen LogP contribution in [-0.4, -0.2) is 35.5 Å². The van der Waals surface area contributed by atoms with E-state index in [1.165, 1.54) is 4.90 Å². The third kappa shape index (κ3) is 5.55. The fourth-order valence-electron chi connectivity index (χ4n) is 4.00. The number of nitrogens with one attached hydrogen (secondary N) is 1. The summed E-state index contributed by atoms with van der Waals surface area (Å²) in [7, 11) is 0. The lowest BCUT2D eigenvalue weighted by Gasteiger charge is -2.29. The number of fused-ring (bicyclic) bond motifs is 1. The van der Waals surface area contributed by atoms with Gasteiger partial charge in [0, 0.05) is 24.8 Å². The summed E-state index contributed by atoms with van der Waals surface area (Å²) in [5.41, 5.74) is 7.88. The Labute approximate surface area is 208 Å². The van der Waals surface area contributed by atoms with Gasteiger partial charge in [-0.25, -0.2) is 9.59 Å². The molecule has 1 unspecified atom stereocenters. The van der Waals surface area contributed by atoms with Gasteiger partial charge in [-0.3, -0.25) is 10.1 Å². The molecule has 3 N–H and O–H groups in total. The van der Waals surface area contributed by atoms with Crippen molar-refractivity contribution in [3.05, 3.63) is 94.5 Å². The lowest BCUT2D eigenvalue weighted by molar-refractivity contribution is 0.0979. The van der Waals surface area contributed by atoms with Crippen molar-refractivity contribution < 1.29 is 19.1 Å². The molecule has 9 heteroatoms. The number of rotatable bonds is 4. The summed E-state index contributed by atoms with van der Waals surface area (Å²) in [5.74, 6) is 0.246. The van der Waals surface area contributed by atoms with Crippen LogP contribution in [0.1, 0.15) is 28.4 Å². The third-order valence-electron chi connectivity index (χ3n) is 5.76. The summed E-state index contributed by atoms with van der Waals surface area (Å²) < 4.78 is 5.82. The van der Waals surface area contributed by atoms with E-state index in [-0.39, 0.29) is 24.0 Å². The van der Waals surface area contributed by atoms with E-state index in [9.17, 15) is 14.4 Å². The van der Waals surface area contributed by atoms with Gasteiger partial charge in [-0.15, -0.1) is 0 Å². The molecule has 1 aliphatic rings. The standard InChI is InChI=1S/C26H25ClN4O4/c1-17-14-31(23-10-6-5-9-19(23)15-30(17)26(34)29-25(28)33)24(32)21-12-11-20(13-22(21)27)35-16-18-7-3-2-4-8-18/h2-13,17H,14-16H2,1H3,(H3,28,29,33,34). The number of amides is 5. The zero-order valence-electron chi connectivity index (χ0n) is 19.1. The average molecular weight is 493 g/mol. The minimum Gasteiger partial charge on any atom is -0.489 e. The van der Waals surface area contributed by atoms with Crippen molar-refractivity contribution in [1.29, 1.82) is 0 Å². The van der Waals surface area contributed by atoms with Gasteiger partial charge < -0.3 is 20.3 Å². The van der Waals surface area contributed by atoms with E-state index < -0.39 is 18.1 Å². The Bertz CT molecular complexity index is 1250. The second-order valence-electron chi connectivity index (χ2n) is 8.23. The number of benzene rings is 3. The molecule has 4 rings (SSSR count). The minimum absolute atomic E-state index is 0.199. The number of carbonyl (C=O) groups is 3. The molecular weight excluding hydrogens is 468 g/mol. The molecule has 0 saturated heterocycles. The predicted octanol–water partition coefficient (Wildman–Crippen LogP) is 4.56. The van der Waals surface area contributed by atoms with E-state index in [0.29, 0.717) is 23.6 Å². The van der Waals surface area contributed by atoms with Crippen LogP contribution in [0.25, 0.3) is 0 Å². The highest BCUT2D eigenvalue weighted by atomic mass is 35.5. The number of imide groups is 1. The van der Waals surface area contributed by atoms with Crippen LogP contribution in [0.5, 0.6) is 5.75 Å². The number of ether oxygens (including phenoxy) is 1. The molecule has 5 amide bonds. The number of hydrogen-bond acceptors (Lipinski definition) is 4. The summed E-state index contributed by atoms with van der Waals surface area (Å²) in [5, 5.41) is 2.37. The third-order valence-corrected chi connectivity index (χ3v) is 6.07. The molecule has 3 aromatic carbocycles. The highest BCUT2D eigenvalue weighted by Gasteiger charge is 2.32. The van der Waals surface area contributed by atoms with Gasteiger partial charge in [-0.05, 0) is 42.3 Å².